The summed E-state index contributed by atoms with van der Waals surface area (Å²) in [5.41, 5.74) is 16.4. The second kappa shape index (κ2) is 17.1. The molecule has 2 aromatic heterocycles. The fraction of sp³-hybridized carbons (Fsp3) is 0. The molecule has 0 amide bonds. The van der Waals surface area contributed by atoms with Crippen LogP contribution >= 0.6 is 0 Å². The number of furan rings is 2. The average molecular weight is 921 g/mol. The lowest BCUT2D eigenvalue weighted by Crippen LogP contribution is -2.13. The summed E-state index contributed by atoms with van der Waals surface area (Å²) < 4.78 is 13.3. The van der Waals surface area contributed by atoms with Gasteiger partial charge in [-0.1, -0.05) is 170 Å². The second-order valence-corrected chi connectivity index (χ2v) is 18.5. The summed E-state index contributed by atoms with van der Waals surface area (Å²) in [5, 5.41) is 9.06. The van der Waals surface area contributed by atoms with Crippen LogP contribution in [0.5, 0.6) is 0 Å². The van der Waals surface area contributed by atoms with Crippen molar-refractivity contribution in [3.8, 4) is 33.4 Å². The third-order valence-corrected chi connectivity index (χ3v) is 14.2. The molecule has 0 fully saturated rings. The maximum absolute atomic E-state index is 6.73. The van der Waals surface area contributed by atoms with Crippen molar-refractivity contribution in [3.63, 3.8) is 0 Å². The molecule has 0 unspecified atom stereocenters. The van der Waals surface area contributed by atoms with Gasteiger partial charge in [0.05, 0.1) is 11.4 Å². The van der Waals surface area contributed by atoms with E-state index < -0.39 is 0 Å². The predicted molar refractivity (Wildman–Crippen MR) is 302 cm³/mol. The quantitative estimate of drug-likeness (QED) is 0.144. The number of rotatable bonds is 9. The zero-order chi connectivity index (χ0) is 47.5. The van der Waals surface area contributed by atoms with Crippen molar-refractivity contribution in [1.82, 2.24) is 0 Å². The van der Waals surface area contributed by atoms with E-state index in [1.165, 1.54) is 27.5 Å². The molecule has 0 bridgehead atoms. The zero-order valence-corrected chi connectivity index (χ0v) is 39.1. The Morgan fingerprint density at radius 2 is 0.639 bits per heavy atom. The van der Waals surface area contributed by atoms with E-state index in [0.717, 1.165) is 105 Å². The number of para-hydroxylation sites is 3. The Kier molecular flexibility index (Phi) is 9.82. The van der Waals surface area contributed by atoms with Gasteiger partial charge in [-0.05, 0) is 129 Å². The van der Waals surface area contributed by atoms with E-state index >= 15 is 0 Å². The van der Waals surface area contributed by atoms with Gasteiger partial charge >= 0.3 is 0 Å². The average Bonchev–Trinajstić information content (AvgIpc) is 4.00. The van der Waals surface area contributed by atoms with Gasteiger partial charge in [0.25, 0.3) is 0 Å². The zero-order valence-electron chi connectivity index (χ0n) is 39.1. The molecule has 0 atom stereocenters. The van der Waals surface area contributed by atoms with Crippen LogP contribution in [0.15, 0.2) is 276 Å². The Labute approximate surface area is 416 Å². The highest BCUT2D eigenvalue weighted by atomic mass is 16.3. The topological polar surface area (TPSA) is 32.8 Å². The highest BCUT2D eigenvalue weighted by Crippen LogP contribution is 2.49. The third kappa shape index (κ3) is 7.16. The Balaban J connectivity index is 0.956. The minimum Gasteiger partial charge on any atom is -0.456 e. The maximum Gasteiger partial charge on any atom is 0.137 e. The summed E-state index contributed by atoms with van der Waals surface area (Å²) in [6.45, 7) is 0. The Bertz CT molecular complexity index is 4340. The molecule has 0 saturated heterocycles. The summed E-state index contributed by atoms with van der Waals surface area (Å²) in [6, 6.07) is 95.5. The van der Waals surface area contributed by atoms with Crippen molar-refractivity contribution in [2.24, 2.45) is 0 Å². The molecule has 0 N–H and O–H groups in total. The monoisotopic (exact) mass is 920 g/mol. The largest absolute Gasteiger partial charge is 0.456 e. The Hall–Kier alpha value is -9.64. The van der Waals surface area contributed by atoms with Crippen LogP contribution in [-0.4, -0.2) is 0 Å². The third-order valence-electron chi connectivity index (χ3n) is 14.2. The van der Waals surface area contributed by atoms with Gasteiger partial charge in [0.2, 0.25) is 0 Å². The molecule has 14 rings (SSSR count). The highest BCUT2D eigenvalue weighted by molar-refractivity contribution is 6.11. The molecule has 14 aromatic rings. The minimum atomic E-state index is 0.834. The van der Waals surface area contributed by atoms with E-state index in [4.69, 9.17) is 8.83 Å². The first-order chi connectivity index (χ1) is 35.7. The smallest absolute Gasteiger partial charge is 0.137 e. The lowest BCUT2D eigenvalue weighted by atomic mass is 9.97. The van der Waals surface area contributed by atoms with Crippen molar-refractivity contribution in [2.45, 2.75) is 0 Å². The number of hydrogen-bond acceptors (Lipinski definition) is 4. The van der Waals surface area contributed by atoms with Crippen LogP contribution in [0, 0.1) is 0 Å². The molecular formula is C68H44N2O2. The van der Waals surface area contributed by atoms with Crippen molar-refractivity contribution < 1.29 is 8.83 Å². The first kappa shape index (κ1) is 41.3. The van der Waals surface area contributed by atoms with Crippen molar-refractivity contribution in [3.05, 3.63) is 267 Å². The molecule has 72 heavy (non-hydrogen) atoms. The first-order valence-corrected chi connectivity index (χ1v) is 24.5. The van der Waals surface area contributed by atoms with Crippen LogP contribution < -0.4 is 9.80 Å². The van der Waals surface area contributed by atoms with Crippen LogP contribution in [0.3, 0.4) is 0 Å². The molecule has 12 aromatic carbocycles. The van der Waals surface area contributed by atoms with E-state index in [2.05, 4.69) is 265 Å². The van der Waals surface area contributed by atoms with E-state index in [-0.39, 0.29) is 0 Å². The van der Waals surface area contributed by atoms with Gasteiger partial charge in [-0.2, -0.15) is 0 Å². The molecule has 0 spiro atoms. The lowest BCUT2D eigenvalue weighted by Gasteiger charge is -2.31. The van der Waals surface area contributed by atoms with Crippen LogP contribution in [0.2, 0.25) is 0 Å². The molecule has 4 heteroatoms. The van der Waals surface area contributed by atoms with Gasteiger partial charge < -0.3 is 18.6 Å². The van der Waals surface area contributed by atoms with Crippen LogP contribution in [0.1, 0.15) is 0 Å². The van der Waals surface area contributed by atoms with E-state index in [0.29, 0.717) is 0 Å². The summed E-state index contributed by atoms with van der Waals surface area (Å²) >= 11 is 0. The van der Waals surface area contributed by atoms with E-state index in [1.807, 2.05) is 12.1 Å². The van der Waals surface area contributed by atoms with E-state index in [1.54, 1.807) is 0 Å². The van der Waals surface area contributed by atoms with Gasteiger partial charge in [-0.3, -0.25) is 0 Å². The maximum atomic E-state index is 6.73. The fourth-order valence-electron chi connectivity index (χ4n) is 10.7. The van der Waals surface area contributed by atoms with Crippen molar-refractivity contribution >= 4 is 99.5 Å². The second-order valence-electron chi connectivity index (χ2n) is 18.5. The summed E-state index contributed by atoms with van der Waals surface area (Å²) in [6.07, 6.45) is 0. The normalized spacial score (nSPS) is 11.6. The Morgan fingerprint density at radius 3 is 1.33 bits per heavy atom. The predicted octanol–water partition coefficient (Wildman–Crippen LogP) is 19.7. The van der Waals surface area contributed by atoms with Gasteiger partial charge in [-0.25, -0.2) is 0 Å². The minimum absolute atomic E-state index is 0.834. The van der Waals surface area contributed by atoms with Gasteiger partial charge in [-0.15, -0.1) is 0 Å². The van der Waals surface area contributed by atoms with Crippen LogP contribution in [0.4, 0.5) is 34.1 Å². The van der Waals surface area contributed by atoms with Crippen molar-refractivity contribution in [2.75, 3.05) is 9.80 Å². The number of anilines is 6. The molecule has 4 nitrogen and oxygen atoms in total. The lowest BCUT2D eigenvalue weighted by molar-refractivity contribution is 0.669. The molecule has 338 valence electrons. The molecule has 0 aliphatic heterocycles. The fourth-order valence-corrected chi connectivity index (χ4v) is 10.7. The molecule has 0 saturated carbocycles. The SMILES string of the molecule is c1ccc(-c2ccc(N(c3ccc4c(c3)oc3cc5ccccc5cc34)c3ccccc3-c3ccccc3N(c3ccc4cc(-c5ccccc5)ccc4c3)c3ccc4c(c3)oc3ccccc34)cc2)cc1. The molecule has 2 heterocycles. The number of benzene rings is 12. The van der Waals surface area contributed by atoms with Gasteiger partial charge in [0, 0.05) is 67.6 Å². The molecule has 0 aliphatic carbocycles. The standard InChI is InChI=1S/C68H44N2O2/c1-3-15-45(16-4-1)47-29-32-53(33-30-47)69(55-36-38-61-62-41-48-19-7-8-20-49(48)42-66(62)72-68(61)43-55)63-24-12-9-21-57(63)58-22-10-13-25-64(58)70(56-35-37-60-59-23-11-14-26-65(59)71-67(60)44-56)54-34-31-51-39-50(27-28-52(51)40-54)46-17-5-2-6-18-46/h1-44H. The van der Waals surface area contributed by atoms with Crippen LogP contribution in [-0.2, 0) is 0 Å². The van der Waals surface area contributed by atoms with Gasteiger partial charge in [0.1, 0.15) is 22.3 Å². The first-order valence-electron chi connectivity index (χ1n) is 24.5. The molecule has 0 aliphatic rings. The number of fused-ring (bicyclic) bond motifs is 8. The Morgan fingerprint density at radius 1 is 0.222 bits per heavy atom. The van der Waals surface area contributed by atoms with Crippen molar-refractivity contribution in [1.29, 1.82) is 0 Å². The highest BCUT2D eigenvalue weighted by Gasteiger charge is 2.24. The number of hydrogen-bond donors (Lipinski definition) is 0. The summed E-state index contributed by atoms with van der Waals surface area (Å²) in [5.74, 6) is 0. The van der Waals surface area contributed by atoms with Crippen LogP contribution in [0.25, 0.3) is 98.8 Å². The van der Waals surface area contributed by atoms with E-state index in [9.17, 15) is 0 Å². The summed E-state index contributed by atoms with van der Waals surface area (Å²) in [4.78, 5) is 4.75. The number of nitrogens with zero attached hydrogens (tertiary/aromatic N) is 2. The van der Waals surface area contributed by atoms with Gasteiger partial charge in [0.15, 0.2) is 0 Å². The molecular weight excluding hydrogens is 877 g/mol. The molecule has 0 radical (unpaired) electrons. The summed E-state index contributed by atoms with van der Waals surface area (Å²) in [7, 11) is 0.